The monoisotopic (exact) mass is 247 g/mol. The molecular formula is C14H21N3O. The van der Waals surface area contributed by atoms with Crippen molar-refractivity contribution in [2.24, 2.45) is 5.73 Å². The van der Waals surface area contributed by atoms with E-state index in [-0.39, 0.29) is 5.91 Å². The second-order valence-corrected chi connectivity index (χ2v) is 4.86. The molecule has 0 saturated carbocycles. The molecule has 1 unspecified atom stereocenters. The van der Waals surface area contributed by atoms with E-state index in [9.17, 15) is 4.79 Å². The summed E-state index contributed by atoms with van der Waals surface area (Å²) in [7, 11) is 1.66. The summed E-state index contributed by atoms with van der Waals surface area (Å²) in [5, 5.41) is 0. The summed E-state index contributed by atoms with van der Waals surface area (Å²) in [6.45, 7) is 0. The number of carbonyl (C=O) groups excluding carboxylic acids is 1. The Bertz CT molecular complexity index is 431. The summed E-state index contributed by atoms with van der Waals surface area (Å²) < 4.78 is 0. The van der Waals surface area contributed by atoms with Crippen molar-refractivity contribution in [3.8, 4) is 0 Å². The number of amides is 1. The molecule has 0 aliphatic heterocycles. The zero-order chi connectivity index (χ0) is 13.0. The Hall–Kier alpha value is -1.39. The van der Waals surface area contributed by atoms with E-state index in [1.807, 2.05) is 0 Å². The fourth-order valence-electron chi connectivity index (χ4n) is 2.48. The quantitative estimate of drug-likeness (QED) is 0.686. The van der Waals surface area contributed by atoms with Gasteiger partial charge in [-0.2, -0.15) is 0 Å². The summed E-state index contributed by atoms with van der Waals surface area (Å²) in [5.74, 6) is -0.171. The number of rotatable bonds is 4. The average Bonchev–Trinajstić information content (AvgIpc) is 2.39. The third-order valence-electron chi connectivity index (χ3n) is 3.45. The summed E-state index contributed by atoms with van der Waals surface area (Å²) in [6, 6.07) is 5.99. The average molecular weight is 247 g/mol. The van der Waals surface area contributed by atoms with E-state index in [1.165, 1.54) is 30.4 Å². The summed E-state index contributed by atoms with van der Waals surface area (Å²) in [4.78, 5) is 11.5. The first-order chi connectivity index (χ1) is 8.70. The van der Waals surface area contributed by atoms with Gasteiger partial charge in [0.2, 0.25) is 0 Å². The van der Waals surface area contributed by atoms with Crippen LogP contribution in [-0.2, 0) is 24.1 Å². The lowest BCUT2D eigenvalue weighted by Crippen LogP contribution is -2.46. The predicted octanol–water partition coefficient (Wildman–Crippen LogP) is 0.686. The molecule has 0 heterocycles. The third-order valence-corrected chi connectivity index (χ3v) is 3.45. The molecule has 0 aromatic heterocycles. The minimum atomic E-state index is -0.501. The van der Waals surface area contributed by atoms with Gasteiger partial charge >= 0.3 is 0 Å². The van der Waals surface area contributed by atoms with Crippen molar-refractivity contribution in [1.82, 2.24) is 10.9 Å². The standard InChI is InChI=1S/C14H21N3O/c1-16-17-14(18)13(15)9-10-6-7-11-4-2-3-5-12(11)8-10/h6-8,13,16H,2-5,9,15H2,1H3,(H,17,18). The topological polar surface area (TPSA) is 67.1 Å². The highest BCUT2D eigenvalue weighted by atomic mass is 16.2. The smallest absolute Gasteiger partial charge is 0.251 e. The number of fused-ring (bicyclic) bond motifs is 1. The maximum Gasteiger partial charge on any atom is 0.251 e. The number of carbonyl (C=O) groups is 1. The van der Waals surface area contributed by atoms with Crippen molar-refractivity contribution in [3.63, 3.8) is 0 Å². The minimum Gasteiger partial charge on any atom is -0.320 e. The highest BCUT2D eigenvalue weighted by Crippen LogP contribution is 2.22. The number of aryl methyl sites for hydroxylation is 2. The Morgan fingerprint density at radius 1 is 1.33 bits per heavy atom. The molecule has 98 valence electrons. The largest absolute Gasteiger partial charge is 0.320 e. The van der Waals surface area contributed by atoms with Crippen molar-refractivity contribution in [2.45, 2.75) is 38.1 Å². The maximum absolute atomic E-state index is 11.5. The van der Waals surface area contributed by atoms with E-state index in [0.29, 0.717) is 6.42 Å². The molecule has 2 rings (SSSR count). The minimum absolute atomic E-state index is 0.171. The number of hydrazine groups is 1. The van der Waals surface area contributed by atoms with Gasteiger partial charge in [0.15, 0.2) is 0 Å². The molecule has 1 amide bonds. The number of nitrogens with two attached hydrogens (primary N) is 1. The summed E-state index contributed by atoms with van der Waals surface area (Å²) >= 11 is 0. The van der Waals surface area contributed by atoms with Crippen molar-refractivity contribution in [2.75, 3.05) is 7.05 Å². The van der Waals surface area contributed by atoms with Crippen LogP contribution in [0, 0.1) is 0 Å². The summed E-state index contributed by atoms with van der Waals surface area (Å²) in [5.41, 5.74) is 15.0. The molecule has 0 radical (unpaired) electrons. The highest BCUT2D eigenvalue weighted by molar-refractivity contribution is 5.81. The van der Waals surface area contributed by atoms with Gasteiger partial charge in [-0.05, 0) is 48.8 Å². The van der Waals surface area contributed by atoms with Crippen molar-refractivity contribution in [3.05, 3.63) is 34.9 Å². The SMILES string of the molecule is CNNC(=O)C(N)Cc1ccc2c(c1)CCCC2. The van der Waals surface area contributed by atoms with Gasteiger partial charge < -0.3 is 5.73 Å². The molecule has 0 bridgehead atoms. The molecule has 1 aromatic rings. The first kappa shape index (κ1) is 13.1. The van der Waals surface area contributed by atoms with Crippen LogP contribution in [0.2, 0.25) is 0 Å². The molecule has 4 N–H and O–H groups in total. The molecule has 0 fully saturated rings. The Kier molecular flexibility index (Phi) is 4.33. The predicted molar refractivity (Wildman–Crippen MR) is 72.0 cm³/mol. The number of hydrogen-bond donors (Lipinski definition) is 3. The Labute approximate surface area is 108 Å². The molecular weight excluding hydrogens is 226 g/mol. The van der Waals surface area contributed by atoms with Crippen LogP contribution in [0.1, 0.15) is 29.5 Å². The lowest BCUT2D eigenvalue weighted by atomic mass is 9.89. The second kappa shape index (κ2) is 5.98. The van der Waals surface area contributed by atoms with Crippen molar-refractivity contribution >= 4 is 5.91 Å². The second-order valence-electron chi connectivity index (χ2n) is 4.86. The Morgan fingerprint density at radius 2 is 2.06 bits per heavy atom. The van der Waals surface area contributed by atoms with Crippen molar-refractivity contribution < 1.29 is 4.79 Å². The fraction of sp³-hybridized carbons (Fsp3) is 0.500. The van der Waals surface area contributed by atoms with E-state index in [0.717, 1.165) is 12.0 Å². The molecule has 1 aliphatic rings. The van der Waals surface area contributed by atoms with Crippen LogP contribution < -0.4 is 16.6 Å². The van der Waals surface area contributed by atoms with Crippen LogP contribution >= 0.6 is 0 Å². The molecule has 0 saturated heterocycles. The van der Waals surface area contributed by atoms with Gasteiger partial charge in [0.25, 0.3) is 5.91 Å². The van der Waals surface area contributed by atoms with E-state index in [4.69, 9.17) is 5.73 Å². The molecule has 18 heavy (non-hydrogen) atoms. The molecule has 0 spiro atoms. The molecule has 1 aliphatic carbocycles. The van der Waals surface area contributed by atoms with Crippen LogP contribution in [0.4, 0.5) is 0 Å². The van der Waals surface area contributed by atoms with Crippen LogP contribution in [-0.4, -0.2) is 19.0 Å². The lowest BCUT2D eigenvalue weighted by Gasteiger charge is -2.18. The van der Waals surface area contributed by atoms with Gasteiger partial charge in [-0.15, -0.1) is 0 Å². The number of benzene rings is 1. The van der Waals surface area contributed by atoms with Gasteiger partial charge in [0, 0.05) is 7.05 Å². The van der Waals surface area contributed by atoms with E-state index in [2.05, 4.69) is 29.1 Å². The van der Waals surface area contributed by atoms with Gasteiger partial charge in [-0.3, -0.25) is 10.2 Å². The Balaban J connectivity index is 2.03. The van der Waals surface area contributed by atoms with Gasteiger partial charge in [0.1, 0.15) is 0 Å². The van der Waals surface area contributed by atoms with Crippen LogP contribution in [0.5, 0.6) is 0 Å². The van der Waals surface area contributed by atoms with Gasteiger partial charge in [0.05, 0.1) is 6.04 Å². The van der Waals surface area contributed by atoms with Gasteiger partial charge in [-0.25, -0.2) is 5.43 Å². The van der Waals surface area contributed by atoms with Crippen molar-refractivity contribution in [1.29, 1.82) is 0 Å². The zero-order valence-corrected chi connectivity index (χ0v) is 10.8. The number of hydrogen-bond acceptors (Lipinski definition) is 3. The number of nitrogens with one attached hydrogen (secondary N) is 2. The highest BCUT2D eigenvalue weighted by Gasteiger charge is 2.15. The molecule has 4 heteroatoms. The normalized spacial score (nSPS) is 15.9. The van der Waals surface area contributed by atoms with Gasteiger partial charge in [-0.1, -0.05) is 18.2 Å². The van der Waals surface area contributed by atoms with Crippen LogP contribution in [0.3, 0.4) is 0 Å². The molecule has 4 nitrogen and oxygen atoms in total. The zero-order valence-electron chi connectivity index (χ0n) is 10.8. The van der Waals surface area contributed by atoms with E-state index >= 15 is 0 Å². The first-order valence-corrected chi connectivity index (χ1v) is 6.53. The maximum atomic E-state index is 11.5. The Morgan fingerprint density at radius 3 is 2.78 bits per heavy atom. The fourth-order valence-corrected chi connectivity index (χ4v) is 2.48. The third kappa shape index (κ3) is 3.09. The van der Waals surface area contributed by atoms with Crippen LogP contribution in [0.15, 0.2) is 18.2 Å². The lowest BCUT2D eigenvalue weighted by molar-refractivity contribution is -0.123. The van der Waals surface area contributed by atoms with Crippen LogP contribution in [0.25, 0.3) is 0 Å². The van der Waals surface area contributed by atoms with E-state index in [1.54, 1.807) is 7.05 Å². The molecule has 1 aromatic carbocycles. The molecule has 1 atom stereocenters. The first-order valence-electron chi connectivity index (χ1n) is 6.53. The van der Waals surface area contributed by atoms with E-state index < -0.39 is 6.04 Å². The summed E-state index contributed by atoms with van der Waals surface area (Å²) in [6.07, 6.45) is 5.48.